The highest BCUT2D eigenvalue weighted by atomic mass is 79.9. The summed E-state index contributed by atoms with van der Waals surface area (Å²) in [6.45, 7) is 14.5. The first-order valence-electron chi connectivity index (χ1n) is 15.7. The number of allylic oxidation sites excluding steroid dienone is 10. The first kappa shape index (κ1) is 40.7. The molecule has 0 saturated carbocycles. The van der Waals surface area contributed by atoms with Crippen LogP contribution < -0.4 is 0 Å². The van der Waals surface area contributed by atoms with Crippen LogP contribution in [0.3, 0.4) is 0 Å². The van der Waals surface area contributed by atoms with Gasteiger partial charge in [0, 0.05) is 20.1 Å². The van der Waals surface area contributed by atoms with E-state index in [4.69, 9.17) is 0 Å². The third kappa shape index (κ3) is 9.30. The molecule has 0 saturated heterocycles. The fourth-order valence-corrected chi connectivity index (χ4v) is 6.22. The number of hydrogen-bond acceptors (Lipinski definition) is 6. The molecular formula is C38H34Br2F6N4O2. The van der Waals surface area contributed by atoms with Gasteiger partial charge in [-0.25, -0.2) is 0 Å². The van der Waals surface area contributed by atoms with E-state index in [1.807, 2.05) is 41.5 Å². The molecule has 0 spiro atoms. The number of halogens is 8. The van der Waals surface area contributed by atoms with Crippen LogP contribution in [0.1, 0.15) is 66.5 Å². The van der Waals surface area contributed by atoms with E-state index in [2.05, 4.69) is 52.3 Å². The van der Waals surface area contributed by atoms with Gasteiger partial charge in [0.15, 0.2) is 11.6 Å². The molecule has 2 aromatic carbocycles. The summed E-state index contributed by atoms with van der Waals surface area (Å²) in [6.07, 6.45) is -1.21. The standard InChI is InChI=1S/C38H34Br2F6N4O2/c1-19-9-21(11-27(33(19)51)35(3,4)5)17-47-49-31-15-25(37(41,42)43)23(13-29(31)39)24-14-30(40)32(16-26(24)38(44,45)46)50-48-18-22-10-20(2)34(52)28(12-22)36(6,7)8/h9-18H,1-8H3/b21-17+,22-18+,49-47?,50-48?. The van der Waals surface area contributed by atoms with Crippen molar-refractivity contribution in [3.05, 3.63) is 114 Å². The van der Waals surface area contributed by atoms with Crippen molar-refractivity contribution in [2.24, 2.45) is 31.3 Å². The van der Waals surface area contributed by atoms with Gasteiger partial charge in [-0.3, -0.25) is 9.59 Å². The van der Waals surface area contributed by atoms with Crippen molar-refractivity contribution in [2.45, 2.75) is 67.7 Å². The van der Waals surface area contributed by atoms with Gasteiger partial charge in [-0.15, -0.1) is 10.2 Å². The maximum atomic E-state index is 14.5. The molecule has 2 aromatic rings. The van der Waals surface area contributed by atoms with Crippen molar-refractivity contribution in [3.8, 4) is 11.1 Å². The number of alkyl halides is 6. The summed E-state index contributed by atoms with van der Waals surface area (Å²) in [5, 5.41) is 15.7. The van der Waals surface area contributed by atoms with Gasteiger partial charge in [-0.1, -0.05) is 41.5 Å². The molecule has 52 heavy (non-hydrogen) atoms. The molecule has 0 N–H and O–H groups in total. The summed E-state index contributed by atoms with van der Waals surface area (Å²) in [5.41, 5.74) is -2.86. The number of nitrogens with zero attached hydrogens (tertiary/aromatic N) is 4. The lowest BCUT2D eigenvalue weighted by atomic mass is 9.78. The molecular weight excluding hydrogens is 818 g/mol. The van der Waals surface area contributed by atoms with Gasteiger partial charge in [0.2, 0.25) is 0 Å². The minimum atomic E-state index is -5.08. The average Bonchev–Trinajstić information content (AvgIpc) is 2.99. The Labute approximate surface area is 314 Å². The summed E-state index contributed by atoms with van der Waals surface area (Å²) in [7, 11) is 0. The lowest BCUT2D eigenvalue weighted by molar-refractivity contribution is -0.139. The van der Waals surface area contributed by atoms with Crippen LogP contribution in [0.25, 0.3) is 11.1 Å². The first-order valence-corrected chi connectivity index (χ1v) is 17.3. The van der Waals surface area contributed by atoms with Crippen molar-refractivity contribution >= 4 is 54.8 Å². The van der Waals surface area contributed by atoms with Gasteiger partial charge in [-0.05, 0) is 139 Å². The molecule has 0 radical (unpaired) electrons. The highest BCUT2D eigenvalue weighted by Gasteiger charge is 2.40. The number of carbonyl (C=O) groups excluding carboxylic acids is 2. The largest absolute Gasteiger partial charge is 0.417 e. The Morgan fingerprint density at radius 2 is 0.885 bits per heavy atom. The van der Waals surface area contributed by atoms with Gasteiger partial charge in [-0.2, -0.15) is 36.6 Å². The van der Waals surface area contributed by atoms with Gasteiger partial charge >= 0.3 is 12.4 Å². The van der Waals surface area contributed by atoms with E-state index < -0.39 is 45.4 Å². The maximum absolute atomic E-state index is 14.5. The molecule has 274 valence electrons. The van der Waals surface area contributed by atoms with Crippen molar-refractivity contribution in [1.82, 2.24) is 0 Å². The lowest BCUT2D eigenvalue weighted by Gasteiger charge is -2.24. The number of benzene rings is 2. The zero-order chi connectivity index (χ0) is 39.1. The third-order valence-electron chi connectivity index (χ3n) is 8.03. The Morgan fingerprint density at radius 1 is 0.558 bits per heavy atom. The second kappa shape index (κ2) is 14.8. The van der Waals surface area contributed by atoms with Crippen molar-refractivity contribution in [2.75, 3.05) is 0 Å². The van der Waals surface area contributed by atoms with Gasteiger partial charge in [0.1, 0.15) is 11.4 Å². The molecule has 0 aromatic heterocycles. The Balaban J connectivity index is 1.78. The molecule has 0 unspecified atom stereocenters. The Hall–Kier alpha value is -4.04. The molecule has 4 rings (SSSR count). The van der Waals surface area contributed by atoms with Gasteiger partial charge in [0.05, 0.1) is 23.5 Å². The first-order chi connectivity index (χ1) is 23.8. The molecule has 2 aliphatic carbocycles. The number of Topliss-reactive ketones (excluding diaryl/α,β-unsaturated/α-hetero) is 2. The second-order valence-electron chi connectivity index (χ2n) is 14.3. The molecule has 0 heterocycles. The van der Waals surface area contributed by atoms with E-state index in [9.17, 15) is 35.9 Å². The summed E-state index contributed by atoms with van der Waals surface area (Å²) in [5.74, 6) is -0.267. The molecule has 14 heteroatoms. The van der Waals surface area contributed by atoms with Crippen LogP contribution in [0.4, 0.5) is 37.7 Å². The summed E-state index contributed by atoms with van der Waals surface area (Å²) < 4.78 is 86.8. The van der Waals surface area contributed by atoms with Crippen LogP contribution in [0.2, 0.25) is 0 Å². The quantitative estimate of drug-likeness (QED) is 0.222. The van der Waals surface area contributed by atoms with Gasteiger partial charge < -0.3 is 0 Å². The highest BCUT2D eigenvalue weighted by molar-refractivity contribution is 9.11. The van der Waals surface area contributed by atoms with E-state index >= 15 is 0 Å². The minimum Gasteiger partial charge on any atom is -0.289 e. The van der Waals surface area contributed by atoms with E-state index in [0.717, 1.165) is 12.1 Å². The molecule has 2 aliphatic rings. The smallest absolute Gasteiger partial charge is 0.289 e. The Bertz CT molecular complexity index is 1950. The van der Waals surface area contributed by atoms with Crippen LogP contribution in [-0.2, 0) is 21.9 Å². The SMILES string of the molecule is CC1=C/C(=C\N=Nc2cc(C(F)(F)F)c(-c3cc(Br)c(N=N/C=C4\C=C(C)C(=O)C(C(C)(C)C)=C4)cc3C(F)(F)F)cc2Br)C=C(C(C)(C)C)C1=O. The molecule has 0 bridgehead atoms. The maximum Gasteiger partial charge on any atom is 0.417 e. The molecule has 0 fully saturated rings. The average molecular weight is 853 g/mol. The summed E-state index contributed by atoms with van der Waals surface area (Å²) in [4.78, 5) is 25.2. The molecule has 0 atom stereocenters. The van der Waals surface area contributed by atoms with Crippen molar-refractivity contribution in [1.29, 1.82) is 0 Å². The predicted octanol–water partition coefficient (Wildman–Crippen LogP) is 13.9. The third-order valence-corrected chi connectivity index (χ3v) is 9.30. The monoisotopic (exact) mass is 850 g/mol. The normalized spacial score (nSPS) is 18.1. The van der Waals surface area contributed by atoms with Crippen molar-refractivity contribution in [3.63, 3.8) is 0 Å². The van der Waals surface area contributed by atoms with Crippen LogP contribution in [0.5, 0.6) is 0 Å². The van der Waals surface area contributed by atoms with Crippen LogP contribution in [-0.4, -0.2) is 11.6 Å². The van der Waals surface area contributed by atoms with Crippen LogP contribution >= 0.6 is 31.9 Å². The topological polar surface area (TPSA) is 83.6 Å². The zero-order valence-electron chi connectivity index (χ0n) is 29.4. The zero-order valence-corrected chi connectivity index (χ0v) is 32.6. The molecule has 0 amide bonds. The summed E-state index contributed by atoms with van der Waals surface area (Å²) >= 11 is 6.31. The minimum absolute atomic E-state index is 0.0502. The van der Waals surface area contributed by atoms with Gasteiger partial charge in [0.25, 0.3) is 0 Å². The van der Waals surface area contributed by atoms with E-state index in [0.29, 0.717) is 45.6 Å². The number of hydrogen-bond donors (Lipinski definition) is 0. The Morgan fingerprint density at radius 3 is 1.17 bits per heavy atom. The van der Waals surface area contributed by atoms with E-state index in [1.165, 1.54) is 12.4 Å². The molecule has 0 aliphatic heterocycles. The number of azo groups is 2. The summed E-state index contributed by atoms with van der Waals surface area (Å²) in [6, 6.07) is 3.04. The van der Waals surface area contributed by atoms with E-state index in [1.54, 1.807) is 38.2 Å². The van der Waals surface area contributed by atoms with Crippen LogP contribution in [0, 0.1) is 10.8 Å². The van der Waals surface area contributed by atoms with Crippen LogP contribution in [0.15, 0.2) is 124 Å². The number of ketones is 2. The fraction of sp³-hybridized carbons (Fsp3) is 0.316. The molecule has 6 nitrogen and oxygen atoms in total. The fourth-order valence-electron chi connectivity index (χ4n) is 5.37. The van der Waals surface area contributed by atoms with E-state index in [-0.39, 0.29) is 31.9 Å². The number of rotatable bonds is 5. The highest BCUT2D eigenvalue weighted by Crippen LogP contribution is 2.48. The van der Waals surface area contributed by atoms with Crippen molar-refractivity contribution < 1.29 is 35.9 Å². The predicted molar refractivity (Wildman–Crippen MR) is 195 cm³/mol. The second-order valence-corrected chi connectivity index (χ2v) is 16.0. The Kier molecular flexibility index (Phi) is 11.6. The lowest BCUT2D eigenvalue weighted by Crippen LogP contribution is -2.21. The number of carbonyl (C=O) groups is 2.